The number of hydrogen-bond donors (Lipinski definition) is 1. The maximum atomic E-state index is 9.71. The Hall–Kier alpha value is -0.870. The number of fused-ring (bicyclic) bond motifs is 1. The van der Waals surface area contributed by atoms with Crippen LogP contribution in [0.15, 0.2) is 6.20 Å². The Morgan fingerprint density at radius 2 is 2.00 bits per heavy atom. The van der Waals surface area contributed by atoms with E-state index < -0.39 is 0 Å². The van der Waals surface area contributed by atoms with Crippen LogP contribution in [0.5, 0.6) is 0 Å². The van der Waals surface area contributed by atoms with Gasteiger partial charge < -0.3 is 14.6 Å². The first-order valence-corrected chi connectivity index (χ1v) is 8.09. The van der Waals surface area contributed by atoms with Gasteiger partial charge in [0.15, 0.2) is 0 Å². The van der Waals surface area contributed by atoms with E-state index in [2.05, 4.69) is 29.5 Å². The lowest BCUT2D eigenvalue weighted by atomic mass is 9.92. The number of aliphatic hydroxyl groups is 1. The fraction of sp³-hybridized carbons (Fsp3) is 0.812. The third-order valence-corrected chi connectivity index (χ3v) is 4.91. The Morgan fingerprint density at radius 3 is 2.70 bits per heavy atom. The summed E-state index contributed by atoms with van der Waals surface area (Å²) in [5, 5.41) is 9.71. The third kappa shape index (κ3) is 3.07. The highest BCUT2D eigenvalue weighted by Gasteiger charge is 2.23. The molecule has 1 aromatic rings. The number of hydrogen-bond acceptors (Lipinski definition) is 3. The minimum absolute atomic E-state index is 0.188. The second-order valence-electron chi connectivity index (χ2n) is 6.77. The van der Waals surface area contributed by atoms with E-state index in [1.165, 1.54) is 31.6 Å². The van der Waals surface area contributed by atoms with Crippen LogP contribution in [-0.4, -0.2) is 44.8 Å². The summed E-state index contributed by atoms with van der Waals surface area (Å²) in [6.07, 6.45) is 7.33. The minimum atomic E-state index is -0.188. The molecule has 4 nitrogen and oxygen atoms in total. The second kappa shape index (κ2) is 5.86. The minimum Gasteiger partial charge on any atom is -0.393 e. The van der Waals surface area contributed by atoms with E-state index in [9.17, 15) is 5.11 Å². The normalized spacial score (nSPS) is 25.1. The van der Waals surface area contributed by atoms with Crippen molar-refractivity contribution in [3.05, 3.63) is 17.7 Å². The van der Waals surface area contributed by atoms with Crippen LogP contribution in [0.25, 0.3) is 0 Å². The van der Waals surface area contributed by atoms with E-state index >= 15 is 0 Å². The zero-order valence-electron chi connectivity index (χ0n) is 12.8. The Labute approximate surface area is 121 Å². The fourth-order valence-corrected chi connectivity index (χ4v) is 3.54. The van der Waals surface area contributed by atoms with Crippen LogP contribution in [0.3, 0.4) is 0 Å². The van der Waals surface area contributed by atoms with E-state index in [1.807, 2.05) is 0 Å². The van der Waals surface area contributed by atoms with Crippen LogP contribution < -0.4 is 0 Å². The molecule has 0 aromatic carbocycles. The molecule has 0 radical (unpaired) electrons. The quantitative estimate of drug-likeness (QED) is 0.917. The number of aliphatic hydroxyl groups excluding tert-OH is 1. The molecule has 20 heavy (non-hydrogen) atoms. The predicted octanol–water partition coefficient (Wildman–Crippen LogP) is 1.85. The topological polar surface area (TPSA) is 41.3 Å². The predicted molar refractivity (Wildman–Crippen MR) is 79.7 cm³/mol. The standard InChI is InChI=1S/C16H27N3O/c1-12(2)18-6-3-13(4-7-18)9-14-11-19-8-5-15(20)10-16(19)17-14/h11-13,15,20H,3-10H2,1-2H3. The van der Waals surface area contributed by atoms with Gasteiger partial charge >= 0.3 is 0 Å². The highest BCUT2D eigenvalue weighted by Crippen LogP contribution is 2.24. The molecule has 4 heteroatoms. The van der Waals surface area contributed by atoms with Gasteiger partial charge in [0.1, 0.15) is 5.82 Å². The van der Waals surface area contributed by atoms with Crippen LogP contribution in [0.1, 0.15) is 44.6 Å². The van der Waals surface area contributed by atoms with Crippen LogP contribution in [0, 0.1) is 5.92 Å². The van der Waals surface area contributed by atoms with Gasteiger partial charge in [-0.2, -0.15) is 0 Å². The van der Waals surface area contributed by atoms with E-state index in [0.717, 1.165) is 37.5 Å². The van der Waals surface area contributed by atoms with Gasteiger partial charge in [0.05, 0.1) is 11.8 Å². The maximum absolute atomic E-state index is 9.71. The first-order valence-electron chi connectivity index (χ1n) is 8.09. The number of imidazole rings is 1. The molecule has 0 bridgehead atoms. The van der Waals surface area contributed by atoms with E-state index in [-0.39, 0.29) is 6.10 Å². The molecule has 0 spiro atoms. The summed E-state index contributed by atoms with van der Waals surface area (Å²) < 4.78 is 2.24. The number of rotatable bonds is 3. The molecule has 3 rings (SSSR count). The molecule has 0 amide bonds. The van der Waals surface area contributed by atoms with Gasteiger partial charge in [0.25, 0.3) is 0 Å². The van der Waals surface area contributed by atoms with Crippen molar-refractivity contribution in [2.45, 2.75) is 64.6 Å². The zero-order valence-corrected chi connectivity index (χ0v) is 12.8. The van der Waals surface area contributed by atoms with Crippen molar-refractivity contribution in [3.63, 3.8) is 0 Å². The number of piperidine rings is 1. The zero-order chi connectivity index (χ0) is 14.1. The third-order valence-electron chi connectivity index (χ3n) is 4.91. The highest BCUT2D eigenvalue weighted by molar-refractivity contribution is 5.08. The van der Waals surface area contributed by atoms with Crippen molar-refractivity contribution in [1.29, 1.82) is 0 Å². The second-order valence-corrected chi connectivity index (χ2v) is 6.77. The van der Waals surface area contributed by atoms with E-state index in [4.69, 9.17) is 4.98 Å². The summed E-state index contributed by atoms with van der Waals surface area (Å²) in [6.45, 7) is 7.96. The molecule has 0 saturated carbocycles. The van der Waals surface area contributed by atoms with Gasteiger partial charge in [0.2, 0.25) is 0 Å². The van der Waals surface area contributed by atoms with Crippen molar-refractivity contribution >= 4 is 0 Å². The highest BCUT2D eigenvalue weighted by atomic mass is 16.3. The molecule has 1 N–H and O–H groups in total. The molecule has 1 aromatic heterocycles. The summed E-state index contributed by atoms with van der Waals surface area (Å²) in [5.74, 6) is 1.87. The van der Waals surface area contributed by atoms with Crippen LogP contribution in [-0.2, 0) is 19.4 Å². The Balaban J connectivity index is 1.57. The van der Waals surface area contributed by atoms with Crippen molar-refractivity contribution in [2.75, 3.05) is 13.1 Å². The van der Waals surface area contributed by atoms with Crippen molar-refractivity contribution in [1.82, 2.24) is 14.5 Å². The molecule has 0 aliphatic carbocycles. The monoisotopic (exact) mass is 277 g/mol. The van der Waals surface area contributed by atoms with Crippen LogP contribution >= 0.6 is 0 Å². The van der Waals surface area contributed by atoms with Crippen molar-refractivity contribution in [2.24, 2.45) is 5.92 Å². The van der Waals surface area contributed by atoms with Gasteiger partial charge in [-0.3, -0.25) is 0 Å². The molecule has 1 fully saturated rings. The Kier molecular flexibility index (Phi) is 4.13. The number of likely N-dealkylation sites (tertiary alicyclic amines) is 1. The Morgan fingerprint density at radius 1 is 1.25 bits per heavy atom. The van der Waals surface area contributed by atoms with Crippen LogP contribution in [0.2, 0.25) is 0 Å². The van der Waals surface area contributed by atoms with Gasteiger partial charge in [-0.1, -0.05) is 0 Å². The molecular formula is C16H27N3O. The first-order chi connectivity index (χ1) is 9.61. The van der Waals surface area contributed by atoms with Crippen molar-refractivity contribution in [3.8, 4) is 0 Å². The van der Waals surface area contributed by atoms with Gasteiger partial charge in [-0.05, 0) is 58.5 Å². The average molecular weight is 277 g/mol. The van der Waals surface area contributed by atoms with Gasteiger partial charge in [0, 0.05) is 25.2 Å². The fourth-order valence-electron chi connectivity index (χ4n) is 3.54. The molecule has 1 saturated heterocycles. The molecular weight excluding hydrogens is 250 g/mol. The lowest BCUT2D eigenvalue weighted by Gasteiger charge is -2.34. The lowest BCUT2D eigenvalue weighted by Crippen LogP contribution is -2.38. The first kappa shape index (κ1) is 14.1. The molecule has 1 atom stereocenters. The smallest absolute Gasteiger partial charge is 0.111 e. The molecule has 2 aliphatic heterocycles. The summed E-state index contributed by atoms with van der Waals surface area (Å²) in [5.41, 5.74) is 1.23. The largest absolute Gasteiger partial charge is 0.393 e. The SMILES string of the molecule is CC(C)N1CCC(Cc2cn3c(n2)CC(O)CC3)CC1. The molecule has 1 unspecified atom stereocenters. The van der Waals surface area contributed by atoms with Gasteiger partial charge in [-0.15, -0.1) is 0 Å². The average Bonchev–Trinajstić information content (AvgIpc) is 2.80. The van der Waals surface area contributed by atoms with E-state index in [1.54, 1.807) is 0 Å². The summed E-state index contributed by atoms with van der Waals surface area (Å²) in [4.78, 5) is 7.31. The van der Waals surface area contributed by atoms with Gasteiger partial charge in [-0.25, -0.2) is 4.98 Å². The van der Waals surface area contributed by atoms with Crippen molar-refractivity contribution < 1.29 is 5.11 Å². The number of aromatic nitrogens is 2. The molecule has 3 heterocycles. The molecule has 112 valence electrons. The number of aryl methyl sites for hydroxylation is 1. The molecule has 2 aliphatic rings. The summed E-state index contributed by atoms with van der Waals surface area (Å²) >= 11 is 0. The number of nitrogens with zero attached hydrogens (tertiary/aromatic N) is 3. The summed E-state index contributed by atoms with van der Waals surface area (Å²) in [6, 6.07) is 0.678. The Bertz CT molecular complexity index is 447. The maximum Gasteiger partial charge on any atom is 0.111 e. The lowest BCUT2D eigenvalue weighted by molar-refractivity contribution is 0.141. The summed E-state index contributed by atoms with van der Waals surface area (Å²) in [7, 11) is 0. The van der Waals surface area contributed by atoms with E-state index in [0.29, 0.717) is 6.04 Å². The van der Waals surface area contributed by atoms with Crippen LogP contribution in [0.4, 0.5) is 0 Å².